The number of phenolic OH excluding ortho intramolecular Hbond substituents is 1. The van der Waals surface area contributed by atoms with E-state index >= 15 is 0 Å². The first-order valence-electron chi connectivity index (χ1n) is 6.64. The molecule has 0 spiro atoms. The summed E-state index contributed by atoms with van der Waals surface area (Å²) in [7, 11) is 0. The number of aromatic hydroxyl groups is 1. The van der Waals surface area contributed by atoms with Crippen LogP contribution in [0.1, 0.15) is 6.92 Å². The third-order valence-electron chi connectivity index (χ3n) is 3.15. The van der Waals surface area contributed by atoms with Crippen LogP contribution in [0.3, 0.4) is 0 Å². The van der Waals surface area contributed by atoms with Crippen LogP contribution < -0.4 is 10.3 Å². The van der Waals surface area contributed by atoms with Gasteiger partial charge in [-0.2, -0.15) is 0 Å². The Morgan fingerprint density at radius 1 is 1.24 bits per heavy atom. The first-order chi connectivity index (χ1) is 10.2. The van der Waals surface area contributed by atoms with Crippen LogP contribution in [0.2, 0.25) is 0 Å². The van der Waals surface area contributed by atoms with Crippen LogP contribution in [0.4, 0.5) is 0 Å². The number of aromatic nitrogens is 2. The van der Waals surface area contributed by atoms with E-state index in [9.17, 15) is 9.90 Å². The molecule has 1 heterocycles. The minimum atomic E-state index is -0.239. The van der Waals surface area contributed by atoms with Gasteiger partial charge >= 0.3 is 0 Å². The van der Waals surface area contributed by atoms with Gasteiger partial charge in [0.05, 0.1) is 23.1 Å². The van der Waals surface area contributed by atoms with Crippen molar-refractivity contribution >= 4 is 10.9 Å². The summed E-state index contributed by atoms with van der Waals surface area (Å²) in [6.07, 6.45) is 0. The lowest BCUT2D eigenvalue weighted by Gasteiger charge is -2.08. The van der Waals surface area contributed by atoms with E-state index in [2.05, 4.69) is 9.97 Å². The molecule has 0 aliphatic heterocycles. The molecule has 106 valence electrons. The summed E-state index contributed by atoms with van der Waals surface area (Å²) in [5.74, 6) is 0.968. The minimum absolute atomic E-state index is 0.0388. The quantitative estimate of drug-likeness (QED) is 0.774. The molecule has 0 aliphatic rings. The number of H-pyrrole nitrogens is 1. The topological polar surface area (TPSA) is 75.2 Å². The highest BCUT2D eigenvalue weighted by Gasteiger charge is 2.11. The summed E-state index contributed by atoms with van der Waals surface area (Å²) in [6, 6.07) is 11.9. The molecule has 0 aliphatic carbocycles. The van der Waals surface area contributed by atoms with E-state index in [0.29, 0.717) is 34.6 Å². The van der Waals surface area contributed by atoms with E-state index in [1.54, 1.807) is 30.3 Å². The van der Waals surface area contributed by atoms with Crippen molar-refractivity contribution in [2.45, 2.75) is 6.92 Å². The molecule has 0 fully saturated rings. The van der Waals surface area contributed by atoms with Gasteiger partial charge in [0, 0.05) is 0 Å². The lowest BCUT2D eigenvalue weighted by atomic mass is 10.1. The fourth-order valence-corrected chi connectivity index (χ4v) is 2.18. The van der Waals surface area contributed by atoms with Gasteiger partial charge in [0.1, 0.15) is 17.3 Å². The Balaban J connectivity index is 2.20. The van der Waals surface area contributed by atoms with Crippen molar-refractivity contribution < 1.29 is 9.84 Å². The van der Waals surface area contributed by atoms with E-state index in [1.165, 1.54) is 6.07 Å². The van der Waals surface area contributed by atoms with Crippen molar-refractivity contribution in [1.82, 2.24) is 9.97 Å². The van der Waals surface area contributed by atoms with Crippen molar-refractivity contribution in [3.8, 4) is 22.9 Å². The molecule has 0 radical (unpaired) electrons. The molecule has 0 unspecified atom stereocenters. The monoisotopic (exact) mass is 282 g/mol. The van der Waals surface area contributed by atoms with Crippen molar-refractivity contribution in [2.75, 3.05) is 6.61 Å². The summed E-state index contributed by atoms with van der Waals surface area (Å²) in [5.41, 5.74) is 0.776. The third kappa shape index (κ3) is 2.45. The van der Waals surface area contributed by atoms with E-state index in [-0.39, 0.29) is 11.3 Å². The van der Waals surface area contributed by atoms with Gasteiger partial charge in [-0.3, -0.25) is 4.79 Å². The van der Waals surface area contributed by atoms with Crippen LogP contribution in [0.15, 0.2) is 47.3 Å². The Labute approximate surface area is 120 Å². The maximum Gasteiger partial charge on any atom is 0.259 e. The predicted molar refractivity (Wildman–Crippen MR) is 80.6 cm³/mol. The average Bonchev–Trinajstić information content (AvgIpc) is 2.49. The van der Waals surface area contributed by atoms with E-state index in [4.69, 9.17) is 4.74 Å². The molecule has 1 aromatic heterocycles. The number of ether oxygens (including phenoxy) is 1. The third-order valence-corrected chi connectivity index (χ3v) is 3.15. The van der Waals surface area contributed by atoms with Gasteiger partial charge in [-0.05, 0) is 37.3 Å². The average molecular weight is 282 g/mol. The highest BCUT2D eigenvalue weighted by atomic mass is 16.5. The SMILES string of the molecule is CCOc1ccc(O)c(-c2nc3ccccc3c(=O)[nH]2)c1. The minimum Gasteiger partial charge on any atom is -0.507 e. The Bertz CT molecular complexity index is 856. The predicted octanol–water partition coefficient (Wildman–Crippen LogP) is 2.69. The number of hydrogen-bond acceptors (Lipinski definition) is 4. The molecule has 3 rings (SSSR count). The lowest BCUT2D eigenvalue weighted by molar-refractivity contribution is 0.339. The molecule has 0 saturated carbocycles. The van der Waals surface area contributed by atoms with Crippen LogP contribution in [0.5, 0.6) is 11.5 Å². The second-order valence-electron chi connectivity index (χ2n) is 4.54. The van der Waals surface area contributed by atoms with Crippen LogP contribution in [-0.4, -0.2) is 21.7 Å². The zero-order chi connectivity index (χ0) is 14.8. The second kappa shape index (κ2) is 5.28. The number of nitrogens with one attached hydrogen (secondary N) is 1. The molecule has 0 atom stereocenters. The fraction of sp³-hybridized carbons (Fsp3) is 0.125. The molecular weight excluding hydrogens is 268 g/mol. The van der Waals surface area contributed by atoms with Crippen LogP contribution >= 0.6 is 0 Å². The number of nitrogens with zero attached hydrogens (tertiary/aromatic N) is 1. The molecule has 2 N–H and O–H groups in total. The zero-order valence-corrected chi connectivity index (χ0v) is 11.5. The van der Waals surface area contributed by atoms with E-state index < -0.39 is 0 Å². The van der Waals surface area contributed by atoms with Crippen LogP contribution in [0, 0.1) is 0 Å². The van der Waals surface area contributed by atoms with Gasteiger partial charge in [0.2, 0.25) is 0 Å². The Morgan fingerprint density at radius 2 is 2.05 bits per heavy atom. The van der Waals surface area contributed by atoms with Gasteiger partial charge in [0.15, 0.2) is 0 Å². The number of hydrogen-bond donors (Lipinski definition) is 2. The summed E-state index contributed by atoms with van der Waals surface area (Å²) in [4.78, 5) is 19.2. The number of para-hydroxylation sites is 1. The van der Waals surface area contributed by atoms with Gasteiger partial charge in [0.25, 0.3) is 5.56 Å². The molecule has 21 heavy (non-hydrogen) atoms. The lowest BCUT2D eigenvalue weighted by Crippen LogP contribution is -2.09. The van der Waals surface area contributed by atoms with Crippen LogP contribution in [0.25, 0.3) is 22.3 Å². The largest absolute Gasteiger partial charge is 0.507 e. The second-order valence-corrected chi connectivity index (χ2v) is 4.54. The molecule has 0 bridgehead atoms. The van der Waals surface area contributed by atoms with Crippen molar-refractivity contribution in [2.24, 2.45) is 0 Å². The maximum atomic E-state index is 12.1. The summed E-state index contributed by atoms with van der Waals surface area (Å²) in [5, 5.41) is 10.5. The number of rotatable bonds is 3. The molecule has 3 aromatic rings. The highest BCUT2D eigenvalue weighted by molar-refractivity contribution is 5.80. The van der Waals surface area contributed by atoms with Gasteiger partial charge in [-0.25, -0.2) is 4.98 Å². The number of aromatic amines is 1. The smallest absolute Gasteiger partial charge is 0.259 e. The fourth-order valence-electron chi connectivity index (χ4n) is 2.18. The highest BCUT2D eigenvalue weighted by Crippen LogP contribution is 2.30. The zero-order valence-electron chi connectivity index (χ0n) is 11.5. The van der Waals surface area contributed by atoms with Gasteiger partial charge < -0.3 is 14.8 Å². The standard InChI is InChI=1S/C16H14N2O3/c1-2-21-10-7-8-14(19)12(9-10)15-17-13-6-4-3-5-11(13)16(20)18-15/h3-9,19H,2H2,1H3,(H,17,18,20). The van der Waals surface area contributed by atoms with Crippen molar-refractivity contribution in [3.63, 3.8) is 0 Å². The van der Waals surface area contributed by atoms with Crippen molar-refractivity contribution in [3.05, 3.63) is 52.8 Å². The molecule has 0 saturated heterocycles. The summed E-state index contributed by atoms with van der Waals surface area (Å²) < 4.78 is 5.41. The normalized spacial score (nSPS) is 10.7. The molecule has 0 amide bonds. The summed E-state index contributed by atoms with van der Waals surface area (Å²) in [6.45, 7) is 2.40. The number of phenols is 1. The Hall–Kier alpha value is -2.82. The Morgan fingerprint density at radius 3 is 2.86 bits per heavy atom. The number of benzene rings is 2. The van der Waals surface area contributed by atoms with Gasteiger partial charge in [-0.15, -0.1) is 0 Å². The van der Waals surface area contributed by atoms with E-state index in [1.807, 2.05) is 13.0 Å². The van der Waals surface area contributed by atoms with Crippen LogP contribution in [-0.2, 0) is 0 Å². The van der Waals surface area contributed by atoms with Gasteiger partial charge in [-0.1, -0.05) is 12.1 Å². The first kappa shape index (κ1) is 13.2. The number of fused-ring (bicyclic) bond motifs is 1. The maximum absolute atomic E-state index is 12.1. The van der Waals surface area contributed by atoms with Crippen molar-refractivity contribution in [1.29, 1.82) is 0 Å². The molecule has 2 aromatic carbocycles. The Kier molecular flexibility index (Phi) is 3.31. The molecular formula is C16H14N2O3. The van der Waals surface area contributed by atoms with E-state index in [0.717, 1.165) is 0 Å². The first-order valence-corrected chi connectivity index (χ1v) is 6.64. The molecule has 5 nitrogen and oxygen atoms in total. The molecule has 5 heteroatoms. The summed E-state index contributed by atoms with van der Waals surface area (Å²) >= 11 is 0.